The zero-order valence-electron chi connectivity index (χ0n) is 13.4. The molecule has 1 rings (SSSR count). The normalized spacial score (nSPS) is 11.4. The van der Waals surface area contributed by atoms with Crippen LogP contribution in [0.15, 0.2) is 0 Å². The lowest BCUT2D eigenvalue weighted by Crippen LogP contribution is -2.33. The van der Waals surface area contributed by atoms with E-state index in [1.165, 1.54) is 0 Å². The third-order valence-corrected chi connectivity index (χ3v) is 2.42. The lowest BCUT2D eigenvalue weighted by Gasteiger charge is -2.26. The van der Waals surface area contributed by atoms with Crippen molar-refractivity contribution in [2.45, 2.75) is 47.6 Å². The third kappa shape index (κ3) is 5.59. The van der Waals surface area contributed by atoms with Crippen LogP contribution in [0.2, 0.25) is 0 Å². The van der Waals surface area contributed by atoms with Crippen LogP contribution in [0.3, 0.4) is 0 Å². The Balaban J connectivity index is 3.01. The fourth-order valence-corrected chi connectivity index (χ4v) is 1.89. The van der Waals surface area contributed by atoms with Crippen LogP contribution in [0, 0.1) is 11.8 Å². The monoisotopic (exact) mass is 281 g/mol. The summed E-state index contributed by atoms with van der Waals surface area (Å²) in [6.07, 6.45) is 0.00768. The smallest absolute Gasteiger partial charge is 0.323 e. The van der Waals surface area contributed by atoms with Crippen LogP contribution >= 0.6 is 0 Å². The Morgan fingerprint density at radius 2 is 1.50 bits per heavy atom. The second-order valence-corrected chi connectivity index (χ2v) is 6.14. The van der Waals surface area contributed by atoms with Crippen LogP contribution in [-0.2, 0) is 0 Å². The zero-order chi connectivity index (χ0) is 15.3. The molecule has 20 heavy (non-hydrogen) atoms. The maximum atomic E-state index is 5.77. The molecule has 0 amide bonds. The second kappa shape index (κ2) is 7.26. The minimum absolute atomic E-state index is 0.00768. The molecule has 0 saturated carbocycles. The first-order valence-corrected chi connectivity index (χ1v) is 7.21. The van der Waals surface area contributed by atoms with Crippen molar-refractivity contribution in [2.75, 3.05) is 23.7 Å². The van der Waals surface area contributed by atoms with Gasteiger partial charge in [0.2, 0.25) is 11.9 Å². The fraction of sp³-hybridized carbons (Fsp3) is 0.786. The zero-order valence-corrected chi connectivity index (χ0v) is 13.4. The summed E-state index contributed by atoms with van der Waals surface area (Å²) in [6.45, 7) is 14.3. The minimum Gasteiger partial charge on any atom is -0.461 e. The maximum absolute atomic E-state index is 5.77. The van der Waals surface area contributed by atoms with Crippen LogP contribution in [0.25, 0.3) is 0 Å². The van der Waals surface area contributed by atoms with E-state index >= 15 is 0 Å². The Kier molecular flexibility index (Phi) is 5.98. The molecule has 0 atom stereocenters. The van der Waals surface area contributed by atoms with Crippen LogP contribution in [0.1, 0.15) is 41.5 Å². The van der Waals surface area contributed by atoms with Gasteiger partial charge in [0.15, 0.2) is 0 Å². The summed E-state index contributed by atoms with van der Waals surface area (Å²) in [7, 11) is 0. The molecule has 6 heteroatoms. The maximum Gasteiger partial charge on any atom is 0.323 e. The predicted octanol–water partition coefficient (Wildman–Crippen LogP) is 2.36. The molecule has 0 unspecified atom stereocenters. The molecule has 0 aliphatic heterocycles. The number of hydrogen-bond donors (Lipinski definition) is 1. The first-order valence-electron chi connectivity index (χ1n) is 7.21. The Hall–Kier alpha value is -1.59. The quantitative estimate of drug-likeness (QED) is 0.826. The van der Waals surface area contributed by atoms with Gasteiger partial charge >= 0.3 is 6.01 Å². The van der Waals surface area contributed by atoms with Crippen LogP contribution < -0.4 is 15.4 Å². The number of ether oxygens (including phenoxy) is 1. The summed E-state index contributed by atoms with van der Waals surface area (Å²) in [5.41, 5.74) is 5.77. The molecule has 0 spiro atoms. The van der Waals surface area contributed by atoms with Crippen molar-refractivity contribution in [1.82, 2.24) is 15.0 Å². The molecule has 1 heterocycles. The van der Waals surface area contributed by atoms with Crippen molar-refractivity contribution in [3.05, 3.63) is 0 Å². The van der Waals surface area contributed by atoms with E-state index in [1.807, 2.05) is 13.8 Å². The summed E-state index contributed by atoms with van der Waals surface area (Å²) >= 11 is 0. The molecule has 0 aromatic carbocycles. The second-order valence-electron chi connectivity index (χ2n) is 6.14. The van der Waals surface area contributed by atoms with Gasteiger partial charge in [-0.25, -0.2) is 0 Å². The van der Waals surface area contributed by atoms with Gasteiger partial charge in [-0.2, -0.15) is 15.0 Å². The van der Waals surface area contributed by atoms with E-state index in [0.29, 0.717) is 23.8 Å². The number of anilines is 2. The molecule has 0 saturated heterocycles. The highest BCUT2D eigenvalue weighted by Gasteiger charge is 2.16. The minimum atomic E-state index is 0.00768. The van der Waals surface area contributed by atoms with Crippen LogP contribution in [-0.4, -0.2) is 34.1 Å². The molecule has 0 aliphatic rings. The number of rotatable bonds is 7. The van der Waals surface area contributed by atoms with E-state index in [-0.39, 0.29) is 12.1 Å². The molecule has 1 aromatic rings. The highest BCUT2D eigenvalue weighted by Crippen LogP contribution is 2.17. The highest BCUT2D eigenvalue weighted by atomic mass is 16.5. The molecule has 1 aromatic heterocycles. The summed E-state index contributed by atoms with van der Waals surface area (Å²) in [6, 6.07) is 0.292. The lowest BCUT2D eigenvalue weighted by atomic mass is 10.1. The summed E-state index contributed by atoms with van der Waals surface area (Å²) < 4.78 is 5.53. The average molecular weight is 281 g/mol. The van der Waals surface area contributed by atoms with Gasteiger partial charge in [0.1, 0.15) is 0 Å². The molecule has 6 nitrogen and oxygen atoms in total. The number of nitrogens with zero attached hydrogens (tertiary/aromatic N) is 4. The van der Waals surface area contributed by atoms with E-state index in [4.69, 9.17) is 10.5 Å². The molecule has 0 aliphatic carbocycles. The highest BCUT2D eigenvalue weighted by molar-refractivity contribution is 5.36. The van der Waals surface area contributed by atoms with Crippen molar-refractivity contribution >= 4 is 11.9 Å². The van der Waals surface area contributed by atoms with E-state index in [0.717, 1.165) is 13.1 Å². The van der Waals surface area contributed by atoms with Crippen molar-refractivity contribution in [3.63, 3.8) is 0 Å². The molecular weight excluding hydrogens is 254 g/mol. The van der Waals surface area contributed by atoms with Gasteiger partial charge in [-0.1, -0.05) is 27.7 Å². The largest absolute Gasteiger partial charge is 0.461 e. The first kappa shape index (κ1) is 16.5. The standard InChI is InChI=1S/C14H27N5O/c1-9(2)7-19(8-10(3)4)13-16-12(15)17-14(18-13)20-11(5)6/h9-11H,7-8H2,1-6H3,(H2,15,16,17,18). The molecule has 0 fully saturated rings. The van der Waals surface area contributed by atoms with Crippen molar-refractivity contribution in [1.29, 1.82) is 0 Å². The molecule has 2 N–H and O–H groups in total. The molecule has 114 valence electrons. The fourth-order valence-electron chi connectivity index (χ4n) is 1.89. The number of nitrogens with two attached hydrogens (primary N) is 1. The predicted molar refractivity (Wildman–Crippen MR) is 81.9 cm³/mol. The summed E-state index contributed by atoms with van der Waals surface area (Å²) in [4.78, 5) is 14.8. The van der Waals surface area contributed by atoms with Gasteiger partial charge in [0.25, 0.3) is 0 Å². The van der Waals surface area contributed by atoms with Gasteiger partial charge in [0.05, 0.1) is 6.10 Å². The average Bonchev–Trinajstić information content (AvgIpc) is 2.24. The Bertz CT molecular complexity index is 410. The van der Waals surface area contributed by atoms with Gasteiger partial charge in [0, 0.05) is 13.1 Å². The summed E-state index contributed by atoms with van der Waals surface area (Å²) in [5.74, 6) is 1.82. The lowest BCUT2D eigenvalue weighted by molar-refractivity contribution is 0.222. The SMILES string of the molecule is CC(C)CN(CC(C)C)c1nc(N)nc(OC(C)C)n1. The van der Waals surface area contributed by atoms with Gasteiger partial charge in [-0.15, -0.1) is 0 Å². The summed E-state index contributed by atoms with van der Waals surface area (Å²) in [5, 5.41) is 0. The third-order valence-electron chi connectivity index (χ3n) is 2.42. The Labute approximate surface area is 121 Å². The molecule has 0 bridgehead atoms. The Morgan fingerprint density at radius 3 is 1.95 bits per heavy atom. The van der Waals surface area contributed by atoms with Crippen molar-refractivity contribution < 1.29 is 4.74 Å². The van der Waals surface area contributed by atoms with E-state index < -0.39 is 0 Å². The van der Waals surface area contributed by atoms with Crippen molar-refractivity contribution in [3.8, 4) is 6.01 Å². The van der Waals surface area contributed by atoms with Gasteiger partial charge in [-0.05, 0) is 25.7 Å². The number of nitrogen functional groups attached to an aromatic ring is 1. The van der Waals surface area contributed by atoms with Crippen molar-refractivity contribution in [2.24, 2.45) is 11.8 Å². The van der Waals surface area contributed by atoms with E-state index in [1.54, 1.807) is 0 Å². The Morgan fingerprint density at radius 1 is 0.950 bits per heavy atom. The number of aromatic nitrogens is 3. The number of hydrogen-bond acceptors (Lipinski definition) is 6. The molecule has 0 radical (unpaired) electrons. The topological polar surface area (TPSA) is 77.2 Å². The first-order chi connectivity index (χ1) is 9.27. The van der Waals surface area contributed by atoms with Crippen LogP contribution in [0.5, 0.6) is 6.01 Å². The van der Waals surface area contributed by atoms with Gasteiger partial charge < -0.3 is 15.4 Å². The van der Waals surface area contributed by atoms with Gasteiger partial charge in [-0.3, -0.25) is 0 Å². The molecular formula is C14H27N5O. The van der Waals surface area contributed by atoms with Crippen LogP contribution in [0.4, 0.5) is 11.9 Å². The van der Waals surface area contributed by atoms with E-state index in [2.05, 4.69) is 47.5 Å². The van der Waals surface area contributed by atoms with E-state index in [9.17, 15) is 0 Å².